The number of amides is 1. The Morgan fingerprint density at radius 1 is 1.47 bits per heavy atom. The molecule has 1 aromatic carbocycles. The predicted molar refractivity (Wildman–Crippen MR) is 72.2 cm³/mol. The van der Waals surface area contributed by atoms with Gasteiger partial charge in [-0.25, -0.2) is 0 Å². The number of nitrogens with two attached hydrogens (primary N) is 1. The summed E-state index contributed by atoms with van der Waals surface area (Å²) in [5.41, 5.74) is 6.07. The first-order chi connectivity index (χ1) is 8.84. The zero-order valence-electron chi connectivity index (χ0n) is 11.2. The van der Waals surface area contributed by atoms with Crippen LogP contribution >= 0.6 is 0 Å². The fourth-order valence-corrected chi connectivity index (χ4v) is 1.46. The molecule has 0 bridgehead atoms. The second-order valence-corrected chi connectivity index (χ2v) is 5.19. The Kier molecular flexibility index (Phi) is 4.90. The fourth-order valence-electron chi connectivity index (χ4n) is 1.46. The summed E-state index contributed by atoms with van der Waals surface area (Å²) in [7, 11) is 0. The van der Waals surface area contributed by atoms with Crippen molar-refractivity contribution < 1.29 is 9.90 Å². The van der Waals surface area contributed by atoms with E-state index in [0.29, 0.717) is 6.42 Å². The Labute approximate surface area is 113 Å². The standard InChI is InChI=1S/C14H19N3O2/c1-14(2,8-15)9-17-13(19)12(16)7-10-3-5-11(18)6-4-10/h3-6,12,18H,7,9,16H2,1-2H3,(H,17,19)/t12-/m0/s1. The van der Waals surface area contributed by atoms with Crippen LogP contribution in [0.15, 0.2) is 24.3 Å². The number of phenolic OH excluding ortho intramolecular Hbond substituents is 1. The number of rotatable bonds is 5. The topological polar surface area (TPSA) is 99.1 Å². The Balaban J connectivity index is 2.49. The summed E-state index contributed by atoms with van der Waals surface area (Å²) in [4.78, 5) is 11.8. The maximum absolute atomic E-state index is 11.8. The summed E-state index contributed by atoms with van der Waals surface area (Å²) in [6, 6.07) is 8.00. The second-order valence-electron chi connectivity index (χ2n) is 5.19. The molecule has 0 heterocycles. The summed E-state index contributed by atoms with van der Waals surface area (Å²) in [5.74, 6) is -0.103. The fraction of sp³-hybridized carbons (Fsp3) is 0.429. The van der Waals surface area contributed by atoms with Gasteiger partial charge in [-0.05, 0) is 38.0 Å². The van der Waals surface area contributed by atoms with E-state index in [0.717, 1.165) is 5.56 Å². The Morgan fingerprint density at radius 3 is 2.58 bits per heavy atom. The summed E-state index contributed by atoms with van der Waals surface area (Å²) < 4.78 is 0. The smallest absolute Gasteiger partial charge is 0.237 e. The summed E-state index contributed by atoms with van der Waals surface area (Å²) >= 11 is 0. The molecule has 0 spiro atoms. The van der Waals surface area contributed by atoms with Crippen LogP contribution in [-0.2, 0) is 11.2 Å². The van der Waals surface area contributed by atoms with Gasteiger partial charge in [0.05, 0.1) is 17.5 Å². The van der Waals surface area contributed by atoms with Gasteiger partial charge < -0.3 is 16.2 Å². The summed E-state index contributed by atoms with van der Waals surface area (Å²) in [6.45, 7) is 3.77. The van der Waals surface area contributed by atoms with Crippen molar-refractivity contribution in [1.29, 1.82) is 5.26 Å². The molecule has 0 aliphatic heterocycles. The van der Waals surface area contributed by atoms with E-state index < -0.39 is 11.5 Å². The monoisotopic (exact) mass is 261 g/mol. The van der Waals surface area contributed by atoms with Gasteiger partial charge in [-0.1, -0.05) is 12.1 Å². The largest absolute Gasteiger partial charge is 0.508 e. The van der Waals surface area contributed by atoms with Gasteiger partial charge in [-0.15, -0.1) is 0 Å². The first kappa shape index (κ1) is 15.0. The van der Waals surface area contributed by atoms with Gasteiger partial charge in [0, 0.05) is 6.54 Å². The Morgan fingerprint density at radius 2 is 2.05 bits per heavy atom. The number of carbonyl (C=O) groups is 1. The number of aromatic hydroxyl groups is 1. The van der Waals surface area contributed by atoms with Crippen molar-refractivity contribution in [1.82, 2.24) is 5.32 Å². The molecule has 5 nitrogen and oxygen atoms in total. The minimum absolute atomic E-state index is 0.178. The van der Waals surface area contributed by atoms with Crippen LogP contribution in [-0.4, -0.2) is 23.6 Å². The first-order valence-corrected chi connectivity index (χ1v) is 6.06. The van der Waals surface area contributed by atoms with Crippen molar-refractivity contribution in [2.24, 2.45) is 11.1 Å². The third-order valence-corrected chi connectivity index (χ3v) is 2.74. The third kappa shape index (κ3) is 4.98. The number of nitriles is 1. The molecule has 0 saturated heterocycles. The van der Waals surface area contributed by atoms with Gasteiger partial charge in [-0.2, -0.15) is 5.26 Å². The number of nitrogens with zero attached hydrogens (tertiary/aromatic N) is 1. The lowest BCUT2D eigenvalue weighted by Gasteiger charge is -2.18. The van der Waals surface area contributed by atoms with Crippen LogP contribution < -0.4 is 11.1 Å². The molecule has 5 heteroatoms. The molecule has 1 rings (SSSR count). The maximum atomic E-state index is 11.8. The average molecular weight is 261 g/mol. The highest BCUT2D eigenvalue weighted by atomic mass is 16.3. The zero-order chi connectivity index (χ0) is 14.5. The van der Waals surface area contributed by atoms with Gasteiger partial charge in [0.1, 0.15) is 5.75 Å². The van der Waals surface area contributed by atoms with E-state index >= 15 is 0 Å². The van der Waals surface area contributed by atoms with Crippen LogP contribution in [0.1, 0.15) is 19.4 Å². The van der Waals surface area contributed by atoms with Gasteiger partial charge in [0.15, 0.2) is 0 Å². The maximum Gasteiger partial charge on any atom is 0.237 e. The quantitative estimate of drug-likeness (QED) is 0.734. The van der Waals surface area contributed by atoms with Crippen LogP contribution in [0.2, 0.25) is 0 Å². The minimum Gasteiger partial charge on any atom is -0.508 e. The molecule has 0 unspecified atom stereocenters. The van der Waals surface area contributed by atoms with Gasteiger partial charge in [-0.3, -0.25) is 4.79 Å². The molecule has 0 aliphatic rings. The molecule has 0 saturated carbocycles. The SMILES string of the molecule is CC(C)(C#N)CNC(=O)[C@@H](N)Cc1ccc(O)cc1. The van der Waals surface area contributed by atoms with E-state index in [2.05, 4.69) is 11.4 Å². The third-order valence-electron chi connectivity index (χ3n) is 2.74. The number of phenols is 1. The van der Waals surface area contributed by atoms with E-state index in [1.54, 1.807) is 38.1 Å². The second kappa shape index (κ2) is 6.21. The summed E-state index contributed by atoms with van der Waals surface area (Å²) in [5, 5.41) is 20.7. The van der Waals surface area contributed by atoms with E-state index in [9.17, 15) is 4.79 Å². The van der Waals surface area contributed by atoms with E-state index in [-0.39, 0.29) is 18.2 Å². The van der Waals surface area contributed by atoms with E-state index in [1.165, 1.54) is 0 Å². The molecule has 0 radical (unpaired) electrons. The number of carbonyl (C=O) groups excluding carboxylic acids is 1. The summed E-state index contributed by atoms with van der Waals surface area (Å²) in [6.07, 6.45) is 0.388. The van der Waals surface area contributed by atoms with Crippen LogP contribution in [0.5, 0.6) is 5.75 Å². The van der Waals surface area contributed by atoms with Crippen LogP contribution in [0.4, 0.5) is 0 Å². The molecule has 1 amide bonds. The van der Waals surface area contributed by atoms with Crippen molar-refractivity contribution >= 4 is 5.91 Å². The van der Waals surface area contributed by atoms with Crippen molar-refractivity contribution in [3.05, 3.63) is 29.8 Å². The van der Waals surface area contributed by atoms with Crippen LogP contribution in [0, 0.1) is 16.7 Å². The Bertz CT molecular complexity index is 474. The first-order valence-electron chi connectivity index (χ1n) is 6.06. The Hall–Kier alpha value is -2.06. The van der Waals surface area contributed by atoms with Gasteiger partial charge in [0.25, 0.3) is 0 Å². The van der Waals surface area contributed by atoms with Crippen LogP contribution in [0.3, 0.4) is 0 Å². The molecular weight excluding hydrogens is 242 g/mol. The molecule has 19 heavy (non-hydrogen) atoms. The number of hydrogen-bond acceptors (Lipinski definition) is 4. The number of hydrogen-bond donors (Lipinski definition) is 3. The molecular formula is C14H19N3O2. The number of nitrogens with one attached hydrogen (secondary N) is 1. The molecule has 1 aromatic rings. The highest BCUT2D eigenvalue weighted by Crippen LogP contribution is 2.12. The molecule has 4 N–H and O–H groups in total. The van der Waals surface area contributed by atoms with E-state index in [4.69, 9.17) is 16.1 Å². The molecule has 0 fully saturated rings. The molecule has 1 atom stereocenters. The predicted octanol–water partition coefficient (Wildman–Crippen LogP) is 0.928. The highest BCUT2D eigenvalue weighted by molar-refractivity contribution is 5.81. The zero-order valence-corrected chi connectivity index (χ0v) is 11.2. The van der Waals surface area contributed by atoms with Gasteiger partial charge >= 0.3 is 0 Å². The van der Waals surface area contributed by atoms with Crippen molar-refractivity contribution in [3.8, 4) is 11.8 Å². The highest BCUT2D eigenvalue weighted by Gasteiger charge is 2.20. The van der Waals surface area contributed by atoms with Crippen molar-refractivity contribution in [3.63, 3.8) is 0 Å². The molecule has 102 valence electrons. The molecule has 0 aliphatic carbocycles. The van der Waals surface area contributed by atoms with Crippen molar-refractivity contribution in [2.75, 3.05) is 6.54 Å². The lowest BCUT2D eigenvalue weighted by molar-refractivity contribution is -0.122. The van der Waals surface area contributed by atoms with E-state index in [1.807, 2.05) is 0 Å². The average Bonchev–Trinajstić information content (AvgIpc) is 2.38. The van der Waals surface area contributed by atoms with Crippen molar-refractivity contribution in [2.45, 2.75) is 26.3 Å². The lowest BCUT2D eigenvalue weighted by Crippen LogP contribution is -2.44. The number of benzene rings is 1. The molecule has 0 aromatic heterocycles. The van der Waals surface area contributed by atoms with Gasteiger partial charge in [0.2, 0.25) is 5.91 Å². The minimum atomic E-state index is -0.668. The normalized spacial score (nSPS) is 12.5. The lowest BCUT2D eigenvalue weighted by atomic mass is 9.96. The van der Waals surface area contributed by atoms with Crippen LogP contribution in [0.25, 0.3) is 0 Å².